The second kappa shape index (κ2) is 7.27. The number of carboxylic acid groups (broad SMARTS) is 1. The second-order valence-corrected chi connectivity index (χ2v) is 10.6. The molecule has 10 atom stereocenters. The van der Waals surface area contributed by atoms with Crippen molar-refractivity contribution in [2.45, 2.75) is 97.1 Å². The van der Waals surface area contributed by atoms with E-state index in [0.29, 0.717) is 19.3 Å². The fraction of sp³-hybridized carbons (Fsp3) is 0.958. The molecule has 4 aliphatic carbocycles. The Morgan fingerprint density at radius 2 is 1.96 bits per heavy atom. The molecule has 4 fully saturated rings. The Morgan fingerprint density at radius 3 is 2.68 bits per heavy atom. The molecule has 4 nitrogen and oxygen atoms in total. The summed E-state index contributed by atoms with van der Waals surface area (Å²) >= 11 is 0. The lowest BCUT2D eigenvalue weighted by molar-refractivity contribution is -0.175. The van der Waals surface area contributed by atoms with Crippen molar-refractivity contribution in [2.24, 2.45) is 46.3 Å². The molecule has 28 heavy (non-hydrogen) atoms. The molecule has 0 aliphatic heterocycles. The van der Waals surface area contributed by atoms with Gasteiger partial charge in [0, 0.05) is 11.9 Å². The number of fused-ring (bicyclic) bond motifs is 5. The molecule has 0 saturated heterocycles. The van der Waals surface area contributed by atoms with Crippen molar-refractivity contribution in [3.63, 3.8) is 0 Å². The molecule has 0 aromatic carbocycles. The Morgan fingerprint density at radius 1 is 1.21 bits per heavy atom. The highest BCUT2D eigenvalue weighted by atomic mass is 16.4. The van der Waals surface area contributed by atoms with Crippen LogP contribution >= 0.6 is 0 Å². The van der Waals surface area contributed by atoms with E-state index in [1.165, 1.54) is 0 Å². The van der Waals surface area contributed by atoms with Crippen molar-refractivity contribution in [2.75, 3.05) is 0 Å². The third kappa shape index (κ3) is 3.05. The van der Waals surface area contributed by atoms with Gasteiger partial charge in [-0.1, -0.05) is 20.8 Å². The molecule has 160 valence electrons. The van der Waals surface area contributed by atoms with Crippen LogP contribution in [0.2, 0.25) is 0 Å². The molecule has 0 heterocycles. The Balaban J connectivity index is 1.66. The van der Waals surface area contributed by atoms with Crippen molar-refractivity contribution in [3.8, 4) is 0 Å². The molecule has 0 spiro atoms. The standard InChI is InChI=1S/C24H40O4/c1-14(4-9-22(27)28)18-7-8-19-17-6-5-15-12-16(25)10-11-23(15,2)20(17)13-21(26)24(18,19)3/h14-21,25-26H,4-13H2,1-3H3,(H,27,28)/t14-,15-,16?,17+,18-,19+,20+,21+,23+,24-/m1/s1/i10D2,12D2,16D. The summed E-state index contributed by atoms with van der Waals surface area (Å²) in [7, 11) is 0. The summed E-state index contributed by atoms with van der Waals surface area (Å²) in [5.74, 6) is -0.627. The van der Waals surface area contributed by atoms with E-state index in [2.05, 4.69) is 13.8 Å². The summed E-state index contributed by atoms with van der Waals surface area (Å²) in [5, 5.41) is 31.3. The normalized spacial score (nSPS) is 60.5. The molecular weight excluding hydrogens is 352 g/mol. The topological polar surface area (TPSA) is 77.8 Å². The predicted molar refractivity (Wildman–Crippen MR) is 109 cm³/mol. The minimum atomic E-state index is -2.81. The van der Waals surface area contributed by atoms with Crippen LogP contribution in [-0.2, 0) is 4.79 Å². The van der Waals surface area contributed by atoms with Crippen molar-refractivity contribution in [3.05, 3.63) is 0 Å². The second-order valence-electron chi connectivity index (χ2n) is 10.6. The zero-order valence-corrected chi connectivity index (χ0v) is 17.4. The fourth-order valence-corrected chi connectivity index (χ4v) is 7.91. The summed E-state index contributed by atoms with van der Waals surface area (Å²) < 4.78 is 42.3. The van der Waals surface area contributed by atoms with Crippen molar-refractivity contribution in [1.82, 2.24) is 0 Å². The van der Waals surface area contributed by atoms with E-state index in [0.717, 1.165) is 19.3 Å². The van der Waals surface area contributed by atoms with Gasteiger partial charge in [-0.3, -0.25) is 4.79 Å². The molecule has 4 heteroatoms. The van der Waals surface area contributed by atoms with Gasteiger partial charge in [0.05, 0.1) is 13.6 Å². The van der Waals surface area contributed by atoms with Crippen molar-refractivity contribution >= 4 is 5.97 Å². The fourth-order valence-electron chi connectivity index (χ4n) is 7.91. The summed E-state index contributed by atoms with van der Waals surface area (Å²) in [6, 6.07) is 0. The number of hydrogen-bond acceptors (Lipinski definition) is 3. The van der Waals surface area contributed by atoms with E-state index in [4.69, 9.17) is 12.0 Å². The van der Waals surface area contributed by atoms with Crippen LogP contribution in [0, 0.1) is 46.3 Å². The zero-order chi connectivity index (χ0) is 24.8. The van der Waals surface area contributed by atoms with Gasteiger partial charge in [-0.05, 0) is 104 Å². The Bertz CT molecular complexity index is 804. The smallest absolute Gasteiger partial charge is 0.303 e. The van der Waals surface area contributed by atoms with E-state index in [-0.39, 0.29) is 47.8 Å². The van der Waals surface area contributed by atoms with E-state index in [9.17, 15) is 15.0 Å². The van der Waals surface area contributed by atoms with Gasteiger partial charge < -0.3 is 15.3 Å². The quantitative estimate of drug-likeness (QED) is 0.654. The number of carbonyl (C=O) groups is 1. The molecule has 4 rings (SSSR count). The monoisotopic (exact) mass is 397 g/mol. The highest BCUT2D eigenvalue weighted by molar-refractivity contribution is 5.66. The van der Waals surface area contributed by atoms with E-state index >= 15 is 0 Å². The van der Waals surface area contributed by atoms with Crippen molar-refractivity contribution in [1.29, 1.82) is 0 Å². The van der Waals surface area contributed by atoms with Crippen LogP contribution in [0.5, 0.6) is 0 Å². The summed E-state index contributed by atoms with van der Waals surface area (Å²) in [6.45, 7) is 6.18. The molecule has 0 aromatic rings. The Hall–Kier alpha value is -0.610. The van der Waals surface area contributed by atoms with Gasteiger partial charge in [-0.15, -0.1) is 0 Å². The van der Waals surface area contributed by atoms with Gasteiger partial charge in [0.15, 0.2) is 0 Å². The first-order chi connectivity index (χ1) is 15.0. The zero-order valence-electron chi connectivity index (χ0n) is 22.4. The van der Waals surface area contributed by atoms with Gasteiger partial charge in [0.2, 0.25) is 0 Å². The van der Waals surface area contributed by atoms with Crippen molar-refractivity contribution < 1.29 is 27.0 Å². The number of hydrogen-bond donors (Lipinski definition) is 3. The minimum Gasteiger partial charge on any atom is -0.481 e. The predicted octanol–water partition coefficient (Wildman–Crippen LogP) is 4.48. The van der Waals surface area contributed by atoms with Crippen LogP contribution in [0.25, 0.3) is 0 Å². The minimum absolute atomic E-state index is 0.0707. The number of aliphatic carboxylic acids is 1. The lowest BCUT2D eigenvalue weighted by Crippen LogP contribution is -2.58. The first kappa shape index (κ1) is 15.2. The molecule has 3 N–H and O–H groups in total. The number of rotatable bonds is 4. The van der Waals surface area contributed by atoms with E-state index < -0.39 is 42.2 Å². The summed E-state index contributed by atoms with van der Waals surface area (Å²) in [6.07, 6.45) is -3.96. The van der Waals surface area contributed by atoms with Gasteiger partial charge in [-0.25, -0.2) is 0 Å². The largest absolute Gasteiger partial charge is 0.481 e. The molecule has 4 saturated carbocycles. The molecule has 0 bridgehead atoms. The maximum Gasteiger partial charge on any atom is 0.303 e. The molecular formula is C24H40O4. The number of carboxylic acids is 1. The lowest BCUT2D eigenvalue weighted by Gasteiger charge is -2.62. The van der Waals surface area contributed by atoms with Crippen LogP contribution < -0.4 is 0 Å². The SMILES string of the molecule is [2H]C1([2H])C[C@@]2(C)[C@H](CC[C@@H]3[C@@H]2C[C@H](O)[C@]2(C)[C@@H]([C@H](C)CCC(=O)O)CC[C@@H]32)C([2H])([2H])C1([2H])O. The number of aliphatic hydroxyl groups excluding tert-OH is 1. The first-order valence-corrected chi connectivity index (χ1v) is 11.1. The van der Waals surface area contributed by atoms with E-state index in [1.807, 2.05) is 6.92 Å². The Labute approximate surface area is 177 Å². The van der Waals surface area contributed by atoms with Gasteiger partial charge in [0.25, 0.3) is 0 Å². The summed E-state index contributed by atoms with van der Waals surface area (Å²) in [5.41, 5.74) is -1.08. The highest BCUT2D eigenvalue weighted by Gasteiger charge is 2.63. The van der Waals surface area contributed by atoms with Gasteiger partial charge in [0.1, 0.15) is 0 Å². The van der Waals surface area contributed by atoms with Gasteiger partial charge >= 0.3 is 5.97 Å². The molecule has 1 unspecified atom stereocenters. The molecule has 4 aliphatic rings. The average Bonchev–Trinajstić information content (AvgIpc) is 3.04. The molecule has 0 aromatic heterocycles. The third-order valence-corrected chi connectivity index (χ3v) is 9.50. The molecule has 0 radical (unpaired) electrons. The van der Waals surface area contributed by atoms with Gasteiger partial charge in [-0.2, -0.15) is 0 Å². The van der Waals surface area contributed by atoms with Crippen LogP contribution in [0.3, 0.4) is 0 Å². The average molecular weight is 398 g/mol. The third-order valence-electron chi connectivity index (χ3n) is 9.50. The van der Waals surface area contributed by atoms with Crippen LogP contribution in [0.15, 0.2) is 0 Å². The van der Waals surface area contributed by atoms with Crippen LogP contribution in [-0.4, -0.2) is 33.5 Å². The Kier molecular flexibility index (Phi) is 3.95. The summed E-state index contributed by atoms with van der Waals surface area (Å²) in [4.78, 5) is 11.1. The number of aliphatic hydroxyl groups is 2. The van der Waals surface area contributed by atoms with Crippen LogP contribution in [0.4, 0.5) is 0 Å². The molecule has 0 amide bonds. The van der Waals surface area contributed by atoms with E-state index in [1.54, 1.807) is 0 Å². The maximum atomic E-state index is 11.6. The maximum absolute atomic E-state index is 11.6. The highest BCUT2D eigenvalue weighted by Crippen LogP contribution is 2.68. The lowest BCUT2D eigenvalue weighted by atomic mass is 9.43. The first-order valence-electron chi connectivity index (χ1n) is 13.6. The van der Waals surface area contributed by atoms with Crippen LogP contribution in [0.1, 0.15) is 91.7 Å².